The van der Waals surface area contributed by atoms with Crippen molar-refractivity contribution in [2.75, 3.05) is 6.61 Å². The van der Waals surface area contributed by atoms with Gasteiger partial charge in [-0.15, -0.1) is 0 Å². The fourth-order valence-corrected chi connectivity index (χ4v) is 2.04. The Morgan fingerprint density at radius 3 is 2.57 bits per heavy atom. The van der Waals surface area contributed by atoms with Crippen molar-refractivity contribution in [1.82, 2.24) is 0 Å². The van der Waals surface area contributed by atoms with Gasteiger partial charge in [-0.25, -0.2) is 4.79 Å². The standard InChI is InChI=1S/C18H26O3/c1-3-5-6-15(4-2)14-21-18(20)12-11-16-7-9-17(13-19)10-8-16/h7-12,15,19H,3-6,13-14H2,1-2H3/b12-11+. The normalized spacial score (nSPS) is 12.5. The van der Waals surface area contributed by atoms with Gasteiger partial charge >= 0.3 is 5.97 Å². The summed E-state index contributed by atoms with van der Waals surface area (Å²) in [5.41, 5.74) is 1.78. The number of aliphatic hydroxyl groups excluding tert-OH is 1. The van der Waals surface area contributed by atoms with Crippen LogP contribution >= 0.6 is 0 Å². The highest BCUT2D eigenvalue weighted by molar-refractivity contribution is 5.87. The Morgan fingerprint density at radius 1 is 1.29 bits per heavy atom. The summed E-state index contributed by atoms with van der Waals surface area (Å²) < 4.78 is 5.29. The molecule has 3 nitrogen and oxygen atoms in total. The summed E-state index contributed by atoms with van der Waals surface area (Å²) in [5, 5.41) is 8.96. The van der Waals surface area contributed by atoms with Crippen LogP contribution in [0, 0.1) is 5.92 Å². The average Bonchev–Trinajstić information content (AvgIpc) is 2.53. The number of aliphatic hydroxyl groups is 1. The lowest BCUT2D eigenvalue weighted by Gasteiger charge is -2.13. The highest BCUT2D eigenvalue weighted by Crippen LogP contribution is 2.13. The smallest absolute Gasteiger partial charge is 0.330 e. The van der Waals surface area contributed by atoms with Crippen LogP contribution in [-0.4, -0.2) is 17.7 Å². The Balaban J connectivity index is 2.39. The Hall–Kier alpha value is -1.61. The molecular formula is C18H26O3. The maximum Gasteiger partial charge on any atom is 0.330 e. The van der Waals surface area contributed by atoms with Gasteiger partial charge in [0.15, 0.2) is 0 Å². The number of carbonyl (C=O) groups is 1. The average molecular weight is 290 g/mol. The van der Waals surface area contributed by atoms with Gasteiger partial charge in [-0.05, 0) is 29.5 Å². The molecule has 1 aromatic carbocycles. The van der Waals surface area contributed by atoms with Crippen molar-refractivity contribution in [3.05, 3.63) is 41.5 Å². The number of unbranched alkanes of at least 4 members (excludes halogenated alkanes) is 1. The third-order valence-corrected chi connectivity index (χ3v) is 3.58. The number of hydrogen-bond donors (Lipinski definition) is 1. The van der Waals surface area contributed by atoms with Crippen LogP contribution in [0.1, 0.15) is 50.7 Å². The Labute approximate surface area is 127 Å². The van der Waals surface area contributed by atoms with Crippen LogP contribution in [0.3, 0.4) is 0 Å². The van der Waals surface area contributed by atoms with E-state index in [9.17, 15) is 4.79 Å². The van der Waals surface area contributed by atoms with Crippen molar-refractivity contribution in [3.8, 4) is 0 Å². The summed E-state index contributed by atoms with van der Waals surface area (Å²) in [5.74, 6) is 0.169. The molecule has 0 radical (unpaired) electrons. The molecule has 1 rings (SSSR count). The molecule has 1 unspecified atom stereocenters. The van der Waals surface area contributed by atoms with Gasteiger partial charge in [0.2, 0.25) is 0 Å². The van der Waals surface area contributed by atoms with E-state index in [2.05, 4.69) is 13.8 Å². The lowest BCUT2D eigenvalue weighted by Crippen LogP contribution is -2.12. The van der Waals surface area contributed by atoms with E-state index >= 15 is 0 Å². The molecule has 0 heterocycles. The molecule has 0 saturated heterocycles. The predicted molar refractivity (Wildman–Crippen MR) is 85.7 cm³/mol. The number of esters is 1. The summed E-state index contributed by atoms with van der Waals surface area (Å²) in [4.78, 5) is 11.7. The summed E-state index contributed by atoms with van der Waals surface area (Å²) in [6.07, 6.45) is 7.71. The second kappa shape index (κ2) is 10.2. The monoisotopic (exact) mass is 290 g/mol. The Morgan fingerprint density at radius 2 is 2.00 bits per heavy atom. The first-order chi connectivity index (χ1) is 10.2. The third kappa shape index (κ3) is 7.09. The molecule has 0 bridgehead atoms. The van der Waals surface area contributed by atoms with Crippen LogP contribution in [0.2, 0.25) is 0 Å². The zero-order chi connectivity index (χ0) is 15.5. The maximum atomic E-state index is 11.7. The molecule has 0 fully saturated rings. The fraction of sp³-hybridized carbons (Fsp3) is 0.500. The Kier molecular flexibility index (Phi) is 8.44. The molecule has 116 valence electrons. The molecular weight excluding hydrogens is 264 g/mol. The maximum absolute atomic E-state index is 11.7. The van der Waals surface area contributed by atoms with Crippen molar-refractivity contribution >= 4 is 12.0 Å². The van der Waals surface area contributed by atoms with Gasteiger partial charge in [0.25, 0.3) is 0 Å². The van der Waals surface area contributed by atoms with Gasteiger partial charge in [0.1, 0.15) is 0 Å². The van der Waals surface area contributed by atoms with Crippen molar-refractivity contribution in [2.24, 2.45) is 5.92 Å². The summed E-state index contributed by atoms with van der Waals surface area (Å²) in [7, 11) is 0. The zero-order valence-electron chi connectivity index (χ0n) is 13.0. The minimum Gasteiger partial charge on any atom is -0.462 e. The largest absolute Gasteiger partial charge is 0.462 e. The number of carbonyl (C=O) groups excluding carboxylic acids is 1. The fourth-order valence-electron chi connectivity index (χ4n) is 2.04. The van der Waals surface area contributed by atoms with Crippen molar-refractivity contribution in [2.45, 2.75) is 46.1 Å². The van der Waals surface area contributed by atoms with Crippen molar-refractivity contribution < 1.29 is 14.6 Å². The first kappa shape index (κ1) is 17.4. The second-order valence-corrected chi connectivity index (χ2v) is 5.28. The Bertz CT molecular complexity index is 434. The van der Waals surface area contributed by atoms with Gasteiger partial charge in [-0.1, -0.05) is 57.4 Å². The molecule has 0 saturated carbocycles. The van der Waals surface area contributed by atoms with Gasteiger partial charge in [-0.3, -0.25) is 0 Å². The van der Waals surface area contributed by atoms with E-state index in [4.69, 9.17) is 9.84 Å². The van der Waals surface area contributed by atoms with Gasteiger partial charge < -0.3 is 9.84 Å². The quantitative estimate of drug-likeness (QED) is 0.553. The summed E-state index contributed by atoms with van der Waals surface area (Å²) in [6, 6.07) is 7.41. The van der Waals surface area contributed by atoms with Gasteiger partial charge in [0.05, 0.1) is 13.2 Å². The predicted octanol–water partition coefficient (Wildman–Crippen LogP) is 3.95. The third-order valence-electron chi connectivity index (χ3n) is 3.58. The minimum absolute atomic E-state index is 0.0300. The van der Waals surface area contributed by atoms with E-state index in [0.717, 1.165) is 24.0 Å². The SMILES string of the molecule is CCCCC(CC)COC(=O)/C=C/c1ccc(CO)cc1. The molecule has 0 aliphatic rings. The van der Waals surface area contributed by atoms with Crippen molar-refractivity contribution in [1.29, 1.82) is 0 Å². The van der Waals surface area contributed by atoms with Crippen LogP contribution in [0.4, 0.5) is 0 Å². The molecule has 0 spiro atoms. The summed E-state index contributed by atoms with van der Waals surface area (Å²) in [6.45, 7) is 4.83. The first-order valence-electron chi connectivity index (χ1n) is 7.74. The molecule has 1 N–H and O–H groups in total. The van der Waals surface area contributed by atoms with E-state index < -0.39 is 0 Å². The van der Waals surface area contributed by atoms with Crippen LogP contribution in [0.5, 0.6) is 0 Å². The van der Waals surface area contributed by atoms with Crippen LogP contribution in [-0.2, 0) is 16.1 Å². The van der Waals surface area contributed by atoms with E-state index in [1.54, 1.807) is 6.08 Å². The van der Waals surface area contributed by atoms with E-state index in [1.165, 1.54) is 18.9 Å². The molecule has 1 atom stereocenters. The zero-order valence-corrected chi connectivity index (χ0v) is 13.0. The van der Waals surface area contributed by atoms with E-state index in [1.807, 2.05) is 24.3 Å². The number of benzene rings is 1. The van der Waals surface area contributed by atoms with Gasteiger partial charge in [0, 0.05) is 6.08 Å². The van der Waals surface area contributed by atoms with Gasteiger partial charge in [-0.2, -0.15) is 0 Å². The molecule has 0 aliphatic heterocycles. The highest BCUT2D eigenvalue weighted by Gasteiger charge is 2.08. The van der Waals surface area contributed by atoms with E-state index in [-0.39, 0.29) is 12.6 Å². The number of hydrogen-bond acceptors (Lipinski definition) is 3. The highest BCUT2D eigenvalue weighted by atomic mass is 16.5. The molecule has 1 aromatic rings. The lowest BCUT2D eigenvalue weighted by molar-refractivity contribution is -0.139. The molecule has 0 aliphatic carbocycles. The van der Waals surface area contributed by atoms with E-state index in [0.29, 0.717) is 12.5 Å². The van der Waals surface area contributed by atoms with Crippen LogP contribution < -0.4 is 0 Å². The molecule has 3 heteroatoms. The molecule has 0 amide bonds. The second-order valence-electron chi connectivity index (χ2n) is 5.28. The number of ether oxygens (including phenoxy) is 1. The lowest BCUT2D eigenvalue weighted by atomic mass is 10.0. The summed E-state index contributed by atoms with van der Waals surface area (Å²) >= 11 is 0. The van der Waals surface area contributed by atoms with Crippen LogP contribution in [0.15, 0.2) is 30.3 Å². The topological polar surface area (TPSA) is 46.5 Å². The minimum atomic E-state index is -0.295. The number of rotatable bonds is 9. The van der Waals surface area contributed by atoms with Crippen LogP contribution in [0.25, 0.3) is 6.08 Å². The molecule has 21 heavy (non-hydrogen) atoms. The van der Waals surface area contributed by atoms with Crippen molar-refractivity contribution in [3.63, 3.8) is 0 Å². The first-order valence-corrected chi connectivity index (χ1v) is 7.74. The molecule has 0 aromatic heterocycles.